The minimum atomic E-state index is -4.39. The van der Waals surface area contributed by atoms with Crippen molar-refractivity contribution >= 4 is 21.7 Å². The molecule has 0 amide bonds. The van der Waals surface area contributed by atoms with Gasteiger partial charge in [0.2, 0.25) is 0 Å². The SMILES string of the molecule is CN(CC1CCNCC1)c1ncc(Br)cc1C(F)(F)F. The molecular weight excluding hydrogens is 335 g/mol. The summed E-state index contributed by atoms with van der Waals surface area (Å²) in [5.74, 6) is 0.409. The summed E-state index contributed by atoms with van der Waals surface area (Å²) < 4.78 is 39.5. The first-order chi connectivity index (χ1) is 9.38. The van der Waals surface area contributed by atoms with Crippen LogP contribution in [-0.2, 0) is 6.18 Å². The third kappa shape index (κ3) is 3.85. The van der Waals surface area contributed by atoms with Gasteiger partial charge in [0.1, 0.15) is 5.82 Å². The van der Waals surface area contributed by atoms with Crippen LogP contribution in [0, 0.1) is 5.92 Å². The molecule has 1 aromatic rings. The summed E-state index contributed by atoms with van der Waals surface area (Å²) in [5, 5.41) is 3.25. The fraction of sp³-hybridized carbons (Fsp3) is 0.615. The van der Waals surface area contributed by atoms with E-state index in [1.54, 1.807) is 11.9 Å². The molecule has 1 fully saturated rings. The summed E-state index contributed by atoms with van der Waals surface area (Å²) in [6.07, 6.45) is -1.01. The van der Waals surface area contributed by atoms with Crippen molar-refractivity contribution in [1.82, 2.24) is 10.3 Å². The van der Waals surface area contributed by atoms with Crippen LogP contribution < -0.4 is 10.2 Å². The summed E-state index contributed by atoms with van der Waals surface area (Å²) in [6.45, 7) is 2.45. The summed E-state index contributed by atoms with van der Waals surface area (Å²) >= 11 is 3.05. The normalized spacial score (nSPS) is 17.2. The lowest BCUT2D eigenvalue weighted by Gasteiger charge is -2.29. The van der Waals surface area contributed by atoms with E-state index in [9.17, 15) is 13.2 Å². The van der Waals surface area contributed by atoms with E-state index < -0.39 is 11.7 Å². The van der Waals surface area contributed by atoms with Crippen molar-refractivity contribution in [3.63, 3.8) is 0 Å². The maximum atomic E-state index is 13.1. The highest BCUT2D eigenvalue weighted by atomic mass is 79.9. The van der Waals surface area contributed by atoms with Crippen molar-refractivity contribution in [2.75, 3.05) is 31.6 Å². The number of nitrogens with zero attached hydrogens (tertiary/aromatic N) is 2. The summed E-state index contributed by atoms with van der Waals surface area (Å²) in [4.78, 5) is 5.57. The molecule has 0 radical (unpaired) electrons. The quantitative estimate of drug-likeness (QED) is 0.905. The average Bonchev–Trinajstić information content (AvgIpc) is 2.38. The number of piperidine rings is 1. The first kappa shape index (κ1) is 15.6. The maximum Gasteiger partial charge on any atom is 0.419 e. The van der Waals surface area contributed by atoms with Crippen molar-refractivity contribution in [2.45, 2.75) is 19.0 Å². The van der Waals surface area contributed by atoms with Gasteiger partial charge in [0.15, 0.2) is 0 Å². The molecule has 2 heterocycles. The minimum Gasteiger partial charge on any atom is -0.359 e. The van der Waals surface area contributed by atoms with Crippen LogP contribution in [0.1, 0.15) is 18.4 Å². The molecule has 0 saturated carbocycles. The van der Waals surface area contributed by atoms with Crippen molar-refractivity contribution in [3.05, 3.63) is 22.3 Å². The predicted octanol–water partition coefficient (Wildman–Crippen LogP) is 3.30. The Morgan fingerprint density at radius 1 is 1.40 bits per heavy atom. The van der Waals surface area contributed by atoms with Crippen LogP contribution in [0.15, 0.2) is 16.7 Å². The zero-order chi connectivity index (χ0) is 14.8. The van der Waals surface area contributed by atoms with Crippen LogP contribution in [0.5, 0.6) is 0 Å². The first-order valence-electron chi connectivity index (χ1n) is 6.52. The largest absolute Gasteiger partial charge is 0.419 e. The molecule has 1 aliphatic heterocycles. The smallest absolute Gasteiger partial charge is 0.359 e. The zero-order valence-corrected chi connectivity index (χ0v) is 12.8. The summed E-state index contributed by atoms with van der Waals surface area (Å²) in [5.41, 5.74) is -0.691. The van der Waals surface area contributed by atoms with Crippen molar-refractivity contribution in [3.8, 4) is 0 Å². The maximum absolute atomic E-state index is 13.1. The highest BCUT2D eigenvalue weighted by molar-refractivity contribution is 9.10. The van der Waals surface area contributed by atoms with Gasteiger partial charge in [-0.05, 0) is 53.8 Å². The van der Waals surface area contributed by atoms with E-state index in [0.717, 1.165) is 32.0 Å². The molecule has 0 atom stereocenters. The number of rotatable bonds is 3. The molecule has 0 aromatic carbocycles. The summed E-state index contributed by atoms with van der Waals surface area (Å²) in [7, 11) is 1.67. The van der Waals surface area contributed by atoms with Crippen LogP contribution in [-0.4, -0.2) is 31.7 Å². The molecule has 1 aromatic heterocycles. The monoisotopic (exact) mass is 351 g/mol. The van der Waals surface area contributed by atoms with Crippen LogP contribution in [0.4, 0.5) is 19.0 Å². The van der Waals surface area contributed by atoms with E-state index in [4.69, 9.17) is 0 Å². The molecule has 3 nitrogen and oxygen atoms in total. The second-order valence-corrected chi connectivity index (χ2v) is 6.01. The molecule has 0 bridgehead atoms. The van der Waals surface area contributed by atoms with Gasteiger partial charge >= 0.3 is 6.18 Å². The molecule has 1 N–H and O–H groups in total. The number of pyridine rings is 1. The van der Waals surface area contributed by atoms with Crippen LogP contribution in [0.2, 0.25) is 0 Å². The van der Waals surface area contributed by atoms with Crippen LogP contribution in [0.3, 0.4) is 0 Å². The highest BCUT2D eigenvalue weighted by Crippen LogP contribution is 2.36. The topological polar surface area (TPSA) is 28.2 Å². The standard InChI is InChI=1S/C13H17BrF3N3/c1-20(8-9-2-4-18-5-3-9)12-11(13(15,16)17)6-10(14)7-19-12/h6-7,9,18H,2-5,8H2,1H3. The van der Waals surface area contributed by atoms with Gasteiger partial charge in [-0.25, -0.2) is 4.98 Å². The molecule has 7 heteroatoms. The van der Waals surface area contributed by atoms with E-state index >= 15 is 0 Å². The Bertz CT molecular complexity index is 459. The number of aromatic nitrogens is 1. The Balaban J connectivity index is 2.18. The lowest BCUT2D eigenvalue weighted by Crippen LogP contribution is -2.35. The van der Waals surface area contributed by atoms with Crippen LogP contribution in [0.25, 0.3) is 0 Å². The number of alkyl halides is 3. The molecule has 0 spiro atoms. The third-order valence-corrected chi connectivity index (χ3v) is 3.92. The van der Waals surface area contributed by atoms with Crippen LogP contribution >= 0.6 is 15.9 Å². The fourth-order valence-corrected chi connectivity index (χ4v) is 2.81. The molecular formula is C13H17BrF3N3. The van der Waals surface area contributed by atoms with E-state index in [0.29, 0.717) is 16.9 Å². The Morgan fingerprint density at radius 2 is 2.05 bits per heavy atom. The predicted molar refractivity (Wildman–Crippen MR) is 75.8 cm³/mol. The second-order valence-electron chi connectivity index (χ2n) is 5.10. The Morgan fingerprint density at radius 3 is 2.65 bits per heavy atom. The third-order valence-electron chi connectivity index (χ3n) is 3.49. The highest BCUT2D eigenvalue weighted by Gasteiger charge is 2.36. The zero-order valence-electron chi connectivity index (χ0n) is 11.2. The fourth-order valence-electron chi connectivity index (χ4n) is 2.48. The van der Waals surface area contributed by atoms with Gasteiger partial charge in [0.25, 0.3) is 0 Å². The van der Waals surface area contributed by atoms with Gasteiger partial charge in [-0.2, -0.15) is 13.2 Å². The Labute approximate surface area is 124 Å². The number of nitrogens with one attached hydrogen (secondary N) is 1. The van der Waals surface area contributed by atoms with E-state index in [-0.39, 0.29) is 5.82 Å². The van der Waals surface area contributed by atoms with Gasteiger partial charge in [-0.15, -0.1) is 0 Å². The first-order valence-corrected chi connectivity index (χ1v) is 7.32. The Kier molecular flexibility index (Phi) is 4.90. The molecule has 0 aliphatic carbocycles. The molecule has 2 rings (SSSR count). The van der Waals surface area contributed by atoms with Crippen molar-refractivity contribution in [2.24, 2.45) is 5.92 Å². The summed E-state index contributed by atoms with van der Waals surface area (Å²) in [6, 6.07) is 1.08. The Hall–Kier alpha value is -0.820. The van der Waals surface area contributed by atoms with Crippen molar-refractivity contribution < 1.29 is 13.2 Å². The van der Waals surface area contributed by atoms with E-state index in [1.165, 1.54) is 6.20 Å². The number of hydrogen-bond acceptors (Lipinski definition) is 3. The molecule has 1 saturated heterocycles. The lowest BCUT2D eigenvalue weighted by atomic mass is 9.97. The van der Waals surface area contributed by atoms with Gasteiger partial charge in [-0.1, -0.05) is 0 Å². The van der Waals surface area contributed by atoms with E-state index in [1.807, 2.05) is 0 Å². The number of anilines is 1. The molecule has 1 aliphatic rings. The van der Waals surface area contributed by atoms with Crippen molar-refractivity contribution in [1.29, 1.82) is 0 Å². The number of hydrogen-bond donors (Lipinski definition) is 1. The number of halogens is 4. The second kappa shape index (κ2) is 6.30. The minimum absolute atomic E-state index is 0.000711. The molecule has 0 unspecified atom stereocenters. The van der Waals surface area contributed by atoms with Gasteiger partial charge in [0.05, 0.1) is 5.56 Å². The van der Waals surface area contributed by atoms with Gasteiger partial charge in [0, 0.05) is 24.3 Å². The molecule has 20 heavy (non-hydrogen) atoms. The molecule has 112 valence electrons. The lowest BCUT2D eigenvalue weighted by molar-refractivity contribution is -0.137. The van der Waals surface area contributed by atoms with E-state index in [2.05, 4.69) is 26.2 Å². The average molecular weight is 352 g/mol. The van der Waals surface area contributed by atoms with Gasteiger partial charge < -0.3 is 10.2 Å². The van der Waals surface area contributed by atoms with Gasteiger partial charge in [-0.3, -0.25) is 0 Å².